The van der Waals surface area contributed by atoms with Crippen molar-refractivity contribution < 1.29 is 9.47 Å². The third kappa shape index (κ3) is 6.94. The van der Waals surface area contributed by atoms with Gasteiger partial charge in [0, 0.05) is 25.2 Å². The third-order valence-corrected chi connectivity index (χ3v) is 4.02. The summed E-state index contributed by atoms with van der Waals surface area (Å²) in [6.45, 7) is 5.16. The van der Waals surface area contributed by atoms with Crippen LogP contribution in [0.2, 0.25) is 5.02 Å². The Balaban J connectivity index is 1.90. The summed E-state index contributed by atoms with van der Waals surface area (Å²) in [6, 6.07) is 15.7. The topological polar surface area (TPSA) is 54.9 Å². The lowest BCUT2D eigenvalue weighted by molar-refractivity contribution is 0.146. The van der Waals surface area contributed by atoms with E-state index in [4.69, 9.17) is 21.1 Å². The lowest BCUT2D eigenvalue weighted by Gasteiger charge is -2.12. The zero-order valence-corrected chi connectivity index (χ0v) is 16.1. The summed E-state index contributed by atoms with van der Waals surface area (Å²) in [6.07, 6.45) is 0. The van der Waals surface area contributed by atoms with Gasteiger partial charge in [0.1, 0.15) is 12.4 Å². The first-order valence-electron chi connectivity index (χ1n) is 8.69. The molecule has 0 unspecified atom stereocenters. The molecule has 0 heterocycles. The highest BCUT2D eigenvalue weighted by molar-refractivity contribution is 6.31. The first kappa shape index (κ1) is 20.1. The van der Waals surface area contributed by atoms with Crippen LogP contribution in [0.25, 0.3) is 0 Å². The molecule has 0 saturated carbocycles. The minimum Gasteiger partial charge on any atom is -0.491 e. The maximum Gasteiger partial charge on any atom is 0.191 e. The second kappa shape index (κ2) is 11.4. The Morgan fingerprint density at radius 3 is 2.50 bits per heavy atom. The number of ether oxygens (including phenoxy) is 2. The molecule has 0 aliphatic heterocycles. The lowest BCUT2D eigenvalue weighted by atomic mass is 10.2. The highest BCUT2D eigenvalue weighted by Gasteiger charge is 2.02. The monoisotopic (exact) mass is 375 g/mol. The van der Waals surface area contributed by atoms with E-state index in [0.717, 1.165) is 34.4 Å². The molecule has 0 saturated heterocycles. The Morgan fingerprint density at radius 2 is 1.81 bits per heavy atom. The van der Waals surface area contributed by atoms with Crippen LogP contribution in [-0.4, -0.2) is 32.8 Å². The van der Waals surface area contributed by atoms with Crippen molar-refractivity contribution in [2.75, 3.05) is 26.9 Å². The number of rotatable bonds is 9. The summed E-state index contributed by atoms with van der Waals surface area (Å²) < 4.78 is 10.5. The molecule has 0 amide bonds. The van der Waals surface area contributed by atoms with Gasteiger partial charge < -0.3 is 20.1 Å². The molecule has 2 rings (SSSR count). The average Bonchev–Trinajstić information content (AvgIpc) is 2.66. The normalized spacial score (nSPS) is 11.3. The molecule has 140 valence electrons. The Morgan fingerprint density at radius 1 is 1.04 bits per heavy atom. The van der Waals surface area contributed by atoms with Gasteiger partial charge in [-0.3, -0.25) is 0 Å². The van der Waals surface area contributed by atoms with E-state index in [0.29, 0.717) is 26.3 Å². The lowest BCUT2D eigenvalue weighted by Crippen LogP contribution is -2.36. The zero-order chi connectivity index (χ0) is 18.6. The first-order valence-corrected chi connectivity index (χ1v) is 9.07. The van der Waals surface area contributed by atoms with E-state index in [1.165, 1.54) is 0 Å². The Labute approximate surface area is 160 Å². The van der Waals surface area contributed by atoms with Gasteiger partial charge in [-0.15, -0.1) is 0 Å². The molecule has 2 aromatic rings. The predicted molar refractivity (Wildman–Crippen MR) is 107 cm³/mol. The molecule has 5 nitrogen and oxygen atoms in total. The number of aliphatic imine (C=N–C) groups is 1. The second-order valence-electron chi connectivity index (χ2n) is 5.63. The van der Waals surface area contributed by atoms with E-state index >= 15 is 0 Å². The maximum atomic E-state index is 6.20. The molecule has 0 aliphatic rings. The minimum atomic E-state index is 0.546. The van der Waals surface area contributed by atoms with Crippen LogP contribution in [0.1, 0.15) is 18.1 Å². The van der Waals surface area contributed by atoms with Gasteiger partial charge >= 0.3 is 0 Å². The van der Waals surface area contributed by atoms with Gasteiger partial charge in [-0.1, -0.05) is 41.9 Å². The van der Waals surface area contributed by atoms with Crippen LogP contribution in [-0.2, 0) is 17.8 Å². The molecule has 26 heavy (non-hydrogen) atoms. The van der Waals surface area contributed by atoms with Crippen molar-refractivity contribution in [1.29, 1.82) is 0 Å². The van der Waals surface area contributed by atoms with Crippen molar-refractivity contribution in [3.63, 3.8) is 0 Å². The van der Waals surface area contributed by atoms with Crippen molar-refractivity contribution >= 4 is 17.6 Å². The van der Waals surface area contributed by atoms with Gasteiger partial charge in [-0.05, 0) is 36.2 Å². The number of guanidine groups is 1. The van der Waals surface area contributed by atoms with Crippen molar-refractivity contribution in [3.8, 4) is 5.75 Å². The number of methoxy groups -OCH3 is 1. The fourth-order valence-electron chi connectivity index (χ4n) is 2.27. The van der Waals surface area contributed by atoms with Crippen molar-refractivity contribution in [1.82, 2.24) is 10.6 Å². The molecular formula is C20H26ClN3O2. The van der Waals surface area contributed by atoms with Gasteiger partial charge in [0.25, 0.3) is 0 Å². The van der Waals surface area contributed by atoms with Gasteiger partial charge in [-0.25, -0.2) is 4.99 Å². The summed E-state index contributed by atoms with van der Waals surface area (Å²) in [5.74, 6) is 1.59. The summed E-state index contributed by atoms with van der Waals surface area (Å²) in [5.41, 5.74) is 2.15. The zero-order valence-electron chi connectivity index (χ0n) is 15.3. The first-order chi connectivity index (χ1) is 12.7. The van der Waals surface area contributed by atoms with Crippen LogP contribution < -0.4 is 15.4 Å². The fraction of sp³-hybridized carbons (Fsp3) is 0.350. The number of nitrogens with one attached hydrogen (secondary N) is 2. The van der Waals surface area contributed by atoms with Crippen LogP contribution in [0, 0.1) is 0 Å². The number of benzene rings is 2. The van der Waals surface area contributed by atoms with E-state index in [2.05, 4.69) is 15.6 Å². The minimum absolute atomic E-state index is 0.546. The van der Waals surface area contributed by atoms with Crippen LogP contribution in [0.4, 0.5) is 0 Å². The van der Waals surface area contributed by atoms with Crippen molar-refractivity contribution in [2.45, 2.75) is 20.0 Å². The van der Waals surface area contributed by atoms with Crippen LogP contribution in [0.5, 0.6) is 5.75 Å². The molecule has 0 atom stereocenters. The van der Waals surface area contributed by atoms with Gasteiger partial charge in [-0.2, -0.15) is 0 Å². The number of halogens is 1. The molecule has 0 spiro atoms. The van der Waals surface area contributed by atoms with E-state index in [1.54, 1.807) is 7.11 Å². The van der Waals surface area contributed by atoms with E-state index in [1.807, 2.05) is 55.5 Å². The summed E-state index contributed by atoms with van der Waals surface area (Å²) in [7, 11) is 1.66. The highest BCUT2D eigenvalue weighted by Crippen LogP contribution is 2.14. The molecule has 0 radical (unpaired) electrons. The van der Waals surface area contributed by atoms with Crippen LogP contribution in [0.15, 0.2) is 53.5 Å². The maximum absolute atomic E-state index is 6.20. The molecule has 0 aromatic heterocycles. The summed E-state index contributed by atoms with van der Waals surface area (Å²) in [5, 5.41) is 7.31. The molecule has 0 fully saturated rings. The van der Waals surface area contributed by atoms with Gasteiger partial charge in [0.15, 0.2) is 5.96 Å². The number of hydrogen-bond acceptors (Lipinski definition) is 3. The van der Waals surface area contributed by atoms with Crippen molar-refractivity contribution in [3.05, 3.63) is 64.7 Å². The molecular weight excluding hydrogens is 350 g/mol. The van der Waals surface area contributed by atoms with Crippen LogP contribution >= 0.6 is 11.6 Å². The summed E-state index contributed by atoms with van der Waals surface area (Å²) in [4.78, 5) is 4.62. The second-order valence-corrected chi connectivity index (χ2v) is 6.03. The fourth-order valence-corrected chi connectivity index (χ4v) is 2.47. The third-order valence-electron chi connectivity index (χ3n) is 3.65. The average molecular weight is 376 g/mol. The van der Waals surface area contributed by atoms with Gasteiger partial charge in [0.2, 0.25) is 0 Å². The highest BCUT2D eigenvalue weighted by atomic mass is 35.5. The van der Waals surface area contributed by atoms with Crippen LogP contribution in [0.3, 0.4) is 0 Å². The van der Waals surface area contributed by atoms with E-state index < -0.39 is 0 Å². The molecule has 6 heteroatoms. The Kier molecular flexibility index (Phi) is 8.79. The quantitative estimate of drug-likeness (QED) is 0.399. The van der Waals surface area contributed by atoms with E-state index in [-0.39, 0.29) is 0 Å². The van der Waals surface area contributed by atoms with Crippen molar-refractivity contribution in [2.24, 2.45) is 4.99 Å². The standard InChI is InChI=1S/C20H26ClN3O2/c1-3-22-20(24-15-17-6-4-5-7-19(17)21)23-14-16-8-10-18(11-9-16)26-13-12-25-2/h4-11H,3,12-15H2,1-2H3,(H2,22,23,24). The molecule has 0 aliphatic carbocycles. The largest absolute Gasteiger partial charge is 0.491 e. The molecule has 0 bridgehead atoms. The smallest absolute Gasteiger partial charge is 0.191 e. The van der Waals surface area contributed by atoms with E-state index in [9.17, 15) is 0 Å². The Bertz CT molecular complexity index is 690. The SMILES string of the molecule is CCNC(=NCc1ccc(OCCOC)cc1)NCc1ccccc1Cl. The Hall–Kier alpha value is -2.24. The molecule has 2 N–H and O–H groups in total. The number of nitrogens with zero attached hydrogens (tertiary/aromatic N) is 1. The summed E-state index contributed by atoms with van der Waals surface area (Å²) >= 11 is 6.20. The molecule has 2 aromatic carbocycles. The number of hydrogen-bond donors (Lipinski definition) is 2. The van der Waals surface area contributed by atoms with Gasteiger partial charge in [0.05, 0.1) is 13.2 Å². The predicted octanol–water partition coefficient (Wildman–Crippen LogP) is 3.62.